The van der Waals surface area contributed by atoms with Crippen molar-refractivity contribution < 1.29 is 4.74 Å². The zero-order chi connectivity index (χ0) is 18.6. The van der Waals surface area contributed by atoms with E-state index >= 15 is 0 Å². The predicted octanol–water partition coefficient (Wildman–Crippen LogP) is 0.496. The van der Waals surface area contributed by atoms with Crippen LogP contribution in [-0.2, 0) is 4.74 Å². The van der Waals surface area contributed by atoms with Crippen LogP contribution in [0.4, 0.5) is 23.4 Å². The Kier molecular flexibility index (Phi) is 5.19. The van der Waals surface area contributed by atoms with Crippen molar-refractivity contribution >= 4 is 23.4 Å². The zero-order valence-corrected chi connectivity index (χ0v) is 16.0. The van der Waals surface area contributed by atoms with Gasteiger partial charge < -0.3 is 24.3 Å². The Labute approximate surface area is 159 Å². The van der Waals surface area contributed by atoms with Crippen molar-refractivity contribution in [1.29, 1.82) is 0 Å². The van der Waals surface area contributed by atoms with E-state index in [-0.39, 0.29) is 0 Å². The summed E-state index contributed by atoms with van der Waals surface area (Å²) in [6.45, 7) is 6.77. The first kappa shape index (κ1) is 17.7. The molecule has 4 rings (SSSR count). The number of rotatable bonds is 4. The Morgan fingerprint density at radius 1 is 0.852 bits per heavy atom. The maximum absolute atomic E-state index is 5.43. The molecule has 0 amide bonds. The van der Waals surface area contributed by atoms with Gasteiger partial charge in [-0.05, 0) is 6.07 Å². The zero-order valence-electron chi connectivity index (χ0n) is 16.0. The Hall–Kier alpha value is -2.68. The first-order valence-corrected chi connectivity index (χ1v) is 9.36. The molecule has 0 spiro atoms. The van der Waals surface area contributed by atoms with Crippen LogP contribution >= 0.6 is 0 Å². The molecule has 2 fully saturated rings. The molecule has 0 radical (unpaired) electrons. The Morgan fingerprint density at radius 3 is 2.15 bits per heavy atom. The molecule has 2 aliphatic heterocycles. The topological polar surface area (TPSA) is 73.8 Å². The van der Waals surface area contributed by atoms with Gasteiger partial charge in [0.2, 0.25) is 5.95 Å². The molecule has 0 aliphatic carbocycles. The number of aromatic nitrogens is 4. The van der Waals surface area contributed by atoms with Crippen LogP contribution in [0.1, 0.15) is 0 Å². The molecular formula is C18H26N8O. The molecule has 9 nitrogen and oxygen atoms in total. The van der Waals surface area contributed by atoms with Gasteiger partial charge in [-0.25, -0.2) is 15.0 Å². The summed E-state index contributed by atoms with van der Waals surface area (Å²) in [4.78, 5) is 26.8. The maximum Gasteiger partial charge on any atom is 0.227 e. The molecule has 0 aromatic carbocycles. The van der Waals surface area contributed by atoms with Gasteiger partial charge >= 0.3 is 0 Å². The highest BCUT2D eigenvalue weighted by molar-refractivity contribution is 5.52. The van der Waals surface area contributed by atoms with Gasteiger partial charge in [0.25, 0.3) is 0 Å². The van der Waals surface area contributed by atoms with Crippen LogP contribution in [0.2, 0.25) is 0 Å². The second-order valence-corrected chi connectivity index (χ2v) is 6.92. The van der Waals surface area contributed by atoms with Gasteiger partial charge in [0, 0.05) is 65.6 Å². The van der Waals surface area contributed by atoms with E-state index in [9.17, 15) is 0 Å². The van der Waals surface area contributed by atoms with Gasteiger partial charge in [0.05, 0.1) is 13.2 Å². The van der Waals surface area contributed by atoms with Crippen molar-refractivity contribution in [3.8, 4) is 0 Å². The molecule has 2 aliphatic rings. The normalized spacial score (nSPS) is 17.9. The molecule has 2 aromatic heterocycles. The van der Waals surface area contributed by atoms with Crippen LogP contribution in [-0.4, -0.2) is 86.5 Å². The van der Waals surface area contributed by atoms with E-state index in [4.69, 9.17) is 4.74 Å². The third kappa shape index (κ3) is 4.02. The molecule has 9 heteroatoms. The number of piperazine rings is 1. The Morgan fingerprint density at radius 2 is 1.48 bits per heavy atom. The Balaban J connectivity index is 1.41. The van der Waals surface area contributed by atoms with Crippen LogP contribution in [0.3, 0.4) is 0 Å². The van der Waals surface area contributed by atoms with E-state index in [0.29, 0.717) is 0 Å². The third-order valence-corrected chi connectivity index (χ3v) is 4.95. The molecular weight excluding hydrogens is 344 g/mol. The van der Waals surface area contributed by atoms with E-state index in [1.54, 1.807) is 6.33 Å². The average molecular weight is 370 g/mol. The fourth-order valence-corrected chi connectivity index (χ4v) is 3.35. The quantitative estimate of drug-likeness (QED) is 0.765. The number of ether oxygens (including phenoxy) is 1. The van der Waals surface area contributed by atoms with Crippen molar-refractivity contribution in [3.05, 3.63) is 24.7 Å². The second-order valence-electron chi connectivity index (χ2n) is 6.92. The maximum atomic E-state index is 5.43. The summed E-state index contributed by atoms with van der Waals surface area (Å²) in [5.41, 5.74) is 0. The summed E-state index contributed by atoms with van der Waals surface area (Å²) >= 11 is 0. The van der Waals surface area contributed by atoms with Gasteiger partial charge in [-0.3, -0.25) is 0 Å². The summed E-state index contributed by atoms with van der Waals surface area (Å²) in [5.74, 6) is 3.67. The molecule has 0 atom stereocenters. The van der Waals surface area contributed by atoms with E-state index < -0.39 is 0 Å². The lowest BCUT2D eigenvalue weighted by molar-refractivity contribution is 0.122. The minimum Gasteiger partial charge on any atom is -0.378 e. The Bertz CT molecular complexity index is 757. The van der Waals surface area contributed by atoms with Crippen molar-refractivity contribution in [2.24, 2.45) is 0 Å². The fourth-order valence-electron chi connectivity index (χ4n) is 3.35. The van der Waals surface area contributed by atoms with Crippen LogP contribution < -0.4 is 19.6 Å². The van der Waals surface area contributed by atoms with Crippen molar-refractivity contribution in [2.75, 3.05) is 86.2 Å². The molecule has 0 unspecified atom stereocenters. The largest absolute Gasteiger partial charge is 0.378 e. The van der Waals surface area contributed by atoms with Gasteiger partial charge in [-0.15, -0.1) is 0 Å². The van der Waals surface area contributed by atoms with E-state index in [1.165, 1.54) is 0 Å². The summed E-state index contributed by atoms with van der Waals surface area (Å²) in [6.07, 6.45) is 3.49. The highest BCUT2D eigenvalue weighted by Crippen LogP contribution is 2.21. The number of nitrogens with zero attached hydrogens (tertiary/aromatic N) is 8. The molecule has 0 bridgehead atoms. The third-order valence-electron chi connectivity index (χ3n) is 4.95. The first-order valence-electron chi connectivity index (χ1n) is 9.36. The monoisotopic (exact) mass is 370 g/mol. The van der Waals surface area contributed by atoms with Crippen LogP contribution in [0.15, 0.2) is 24.7 Å². The van der Waals surface area contributed by atoms with Crippen molar-refractivity contribution in [2.45, 2.75) is 0 Å². The van der Waals surface area contributed by atoms with Crippen LogP contribution in [0, 0.1) is 0 Å². The summed E-state index contributed by atoms with van der Waals surface area (Å²) in [5, 5.41) is 0. The van der Waals surface area contributed by atoms with E-state index in [0.717, 1.165) is 75.9 Å². The minimum absolute atomic E-state index is 0.754. The molecule has 0 N–H and O–H groups in total. The van der Waals surface area contributed by atoms with Crippen LogP contribution in [0.25, 0.3) is 0 Å². The van der Waals surface area contributed by atoms with Gasteiger partial charge in [-0.1, -0.05) is 0 Å². The predicted molar refractivity (Wildman–Crippen MR) is 106 cm³/mol. The van der Waals surface area contributed by atoms with Crippen molar-refractivity contribution in [1.82, 2.24) is 19.9 Å². The minimum atomic E-state index is 0.754. The van der Waals surface area contributed by atoms with E-state index in [2.05, 4.69) is 40.7 Å². The summed E-state index contributed by atoms with van der Waals surface area (Å²) < 4.78 is 5.43. The smallest absolute Gasteiger partial charge is 0.227 e. The van der Waals surface area contributed by atoms with Crippen LogP contribution in [0.5, 0.6) is 0 Å². The van der Waals surface area contributed by atoms with Crippen molar-refractivity contribution in [3.63, 3.8) is 0 Å². The van der Waals surface area contributed by atoms with E-state index in [1.807, 2.05) is 31.3 Å². The standard InChI is InChI=1S/C18H26N8O/c1-23(2)15-3-4-19-18(22-15)26-7-5-24(6-8-26)16-13-17(21-14-20-16)25-9-11-27-12-10-25/h3-4,13-14H,5-12H2,1-2H3. The highest BCUT2D eigenvalue weighted by Gasteiger charge is 2.21. The second kappa shape index (κ2) is 7.91. The number of anilines is 4. The molecule has 144 valence electrons. The molecule has 27 heavy (non-hydrogen) atoms. The fraction of sp³-hybridized carbons (Fsp3) is 0.556. The molecule has 2 aromatic rings. The van der Waals surface area contributed by atoms with Gasteiger partial charge in [0.15, 0.2) is 0 Å². The number of morpholine rings is 1. The molecule has 2 saturated heterocycles. The highest BCUT2D eigenvalue weighted by atomic mass is 16.5. The number of hydrogen-bond donors (Lipinski definition) is 0. The van der Waals surface area contributed by atoms with Gasteiger partial charge in [-0.2, -0.15) is 4.98 Å². The summed E-state index contributed by atoms with van der Waals surface area (Å²) in [7, 11) is 3.98. The summed E-state index contributed by atoms with van der Waals surface area (Å²) in [6, 6.07) is 4.01. The first-order chi connectivity index (χ1) is 13.2. The van der Waals surface area contributed by atoms with Gasteiger partial charge in [0.1, 0.15) is 23.8 Å². The number of hydrogen-bond acceptors (Lipinski definition) is 9. The lowest BCUT2D eigenvalue weighted by Crippen LogP contribution is -2.47. The molecule has 0 saturated carbocycles. The molecule has 4 heterocycles. The SMILES string of the molecule is CN(C)c1ccnc(N2CCN(c3cc(N4CCOCC4)ncn3)CC2)n1. The lowest BCUT2D eigenvalue weighted by atomic mass is 10.3. The lowest BCUT2D eigenvalue weighted by Gasteiger charge is -2.36. The average Bonchev–Trinajstić information content (AvgIpc) is 2.75.